The fourth-order valence-electron chi connectivity index (χ4n) is 5.74. The van der Waals surface area contributed by atoms with E-state index in [0.717, 1.165) is 77.3 Å². The van der Waals surface area contributed by atoms with Crippen molar-refractivity contribution in [3.63, 3.8) is 0 Å². The minimum absolute atomic E-state index is 0.185. The Hall–Kier alpha value is -2.48. The Balaban J connectivity index is 1.10. The largest absolute Gasteiger partial charge is 0.379 e. The maximum Gasteiger partial charge on any atom is 0.227 e. The second-order valence-corrected chi connectivity index (χ2v) is 10.1. The molecule has 7 nitrogen and oxygen atoms in total. The number of rotatable bonds is 8. The summed E-state index contributed by atoms with van der Waals surface area (Å²) in [5.41, 5.74) is 3.48. The summed E-state index contributed by atoms with van der Waals surface area (Å²) >= 11 is 0. The van der Waals surface area contributed by atoms with Crippen LogP contribution in [-0.2, 0) is 9.53 Å². The lowest BCUT2D eigenvalue weighted by atomic mass is 10.0. The van der Waals surface area contributed by atoms with Crippen LogP contribution >= 0.6 is 0 Å². The van der Waals surface area contributed by atoms with Gasteiger partial charge in [-0.2, -0.15) is 0 Å². The number of ether oxygens (including phenoxy) is 1. The lowest BCUT2D eigenvalue weighted by molar-refractivity contribution is -0.119. The number of nitrogens with zero attached hydrogens (tertiary/aromatic N) is 3. The van der Waals surface area contributed by atoms with Crippen LogP contribution in [0.4, 0.5) is 11.4 Å². The zero-order valence-electron chi connectivity index (χ0n) is 20.7. The van der Waals surface area contributed by atoms with Gasteiger partial charge in [0.25, 0.3) is 0 Å². The van der Waals surface area contributed by atoms with Gasteiger partial charge in [0, 0.05) is 74.5 Å². The molecule has 1 saturated carbocycles. The third-order valence-corrected chi connectivity index (χ3v) is 7.90. The Labute approximate surface area is 209 Å². The molecule has 0 spiro atoms. The van der Waals surface area contributed by atoms with Crippen LogP contribution in [-0.4, -0.2) is 67.8 Å². The van der Waals surface area contributed by atoms with Gasteiger partial charge in [-0.15, -0.1) is 0 Å². The number of pyridine rings is 1. The number of anilines is 2. The van der Waals surface area contributed by atoms with Crippen LogP contribution < -0.4 is 15.5 Å². The standard InChI is InChI=1S/C28H39N5O2/c34-28(23-3-1-2-4-23)31-25-5-7-26(8-6-25)32-15-11-24(12-16-32)30-21-27(22-9-13-29-14-10-22)33-17-19-35-20-18-33/h5-10,13-14,23-24,27,30H,1-4,11-12,15-21H2,(H,31,34)/t27-/m1/s1. The topological polar surface area (TPSA) is 69.7 Å². The molecule has 35 heavy (non-hydrogen) atoms. The summed E-state index contributed by atoms with van der Waals surface area (Å²) in [4.78, 5) is 21.6. The fourth-order valence-corrected chi connectivity index (χ4v) is 5.74. The Morgan fingerprint density at radius 2 is 1.63 bits per heavy atom. The fraction of sp³-hybridized carbons (Fsp3) is 0.571. The number of carbonyl (C=O) groups excluding carboxylic acids is 1. The Bertz CT molecular complexity index is 918. The first-order valence-electron chi connectivity index (χ1n) is 13.4. The monoisotopic (exact) mass is 477 g/mol. The highest BCUT2D eigenvalue weighted by Gasteiger charge is 2.26. The van der Waals surface area contributed by atoms with Gasteiger partial charge in [-0.3, -0.25) is 14.7 Å². The quantitative estimate of drug-likeness (QED) is 0.602. The molecular formula is C28H39N5O2. The van der Waals surface area contributed by atoms with Crippen molar-refractivity contribution in [3.8, 4) is 0 Å². The van der Waals surface area contributed by atoms with E-state index in [2.05, 4.69) is 49.7 Å². The first-order valence-corrected chi connectivity index (χ1v) is 13.4. The molecular weight excluding hydrogens is 438 g/mol. The molecule has 2 aliphatic heterocycles. The summed E-state index contributed by atoms with van der Waals surface area (Å²) in [5, 5.41) is 6.98. The Morgan fingerprint density at radius 3 is 2.31 bits per heavy atom. The molecule has 0 bridgehead atoms. The molecule has 7 heteroatoms. The molecule has 5 rings (SSSR count). The Kier molecular flexibility index (Phi) is 8.29. The van der Waals surface area contributed by atoms with E-state index >= 15 is 0 Å². The van der Waals surface area contributed by atoms with Gasteiger partial charge in [0.2, 0.25) is 5.91 Å². The lowest BCUT2D eigenvalue weighted by Gasteiger charge is -2.38. The van der Waals surface area contributed by atoms with Crippen LogP contribution in [0, 0.1) is 5.92 Å². The predicted molar refractivity (Wildman–Crippen MR) is 140 cm³/mol. The van der Waals surface area contributed by atoms with Gasteiger partial charge in [-0.05, 0) is 67.6 Å². The van der Waals surface area contributed by atoms with E-state index in [1.54, 1.807) is 0 Å². The van der Waals surface area contributed by atoms with Crippen molar-refractivity contribution in [1.29, 1.82) is 0 Å². The van der Waals surface area contributed by atoms with E-state index in [1.807, 2.05) is 24.5 Å². The summed E-state index contributed by atoms with van der Waals surface area (Å²) in [6.45, 7) is 6.61. The summed E-state index contributed by atoms with van der Waals surface area (Å²) in [5.74, 6) is 0.381. The highest BCUT2D eigenvalue weighted by molar-refractivity contribution is 5.92. The molecule has 1 atom stereocenters. The molecule has 2 N–H and O–H groups in total. The van der Waals surface area contributed by atoms with E-state index in [1.165, 1.54) is 24.1 Å². The smallest absolute Gasteiger partial charge is 0.227 e. The number of nitrogens with one attached hydrogen (secondary N) is 2. The van der Waals surface area contributed by atoms with Gasteiger partial charge < -0.3 is 20.3 Å². The highest BCUT2D eigenvalue weighted by atomic mass is 16.5. The average molecular weight is 478 g/mol. The molecule has 3 fully saturated rings. The van der Waals surface area contributed by atoms with Crippen molar-refractivity contribution < 1.29 is 9.53 Å². The van der Waals surface area contributed by atoms with Crippen molar-refractivity contribution in [2.45, 2.75) is 50.6 Å². The van der Waals surface area contributed by atoms with Gasteiger partial charge in [0.1, 0.15) is 0 Å². The second-order valence-electron chi connectivity index (χ2n) is 10.1. The zero-order chi connectivity index (χ0) is 23.9. The number of amides is 1. The van der Waals surface area contributed by atoms with Crippen LogP contribution in [0.5, 0.6) is 0 Å². The molecule has 188 valence electrons. The van der Waals surface area contributed by atoms with Crippen LogP contribution in [0.1, 0.15) is 50.1 Å². The summed E-state index contributed by atoms with van der Waals surface area (Å²) in [7, 11) is 0. The van der Waals surface area contributed by atoms with Crippen LogP contribution in [0.25, 0.3) is 0 Å². The maximum absolute atomic E-state index is 12.4. The first kappa shape index (κ1) is 24.2. The molecule has 1 aliphatic carbocycles. The van der Waals surface area contributed by atoms with Crippen LogP contribution in [0.3, 0.4) is 0 Å². The van der Waals surface area contributed by atoms with Crippen LogP contribution in [0.2, 0.25) is 0 Å². The van der Waals surface area contributed by atoms with Crippen LogP contribution in [0.15, 0.2) is 48.8 Å². The van der Waals surface area contributed by atoms with E-state index in [9.17, 15) is 4.79 Å². The van der Waals surface area contributed by atoms with Gasteiger partial charge >= 0.3 is 0 Å². The number of aromatic nitrogens is 1. The van der Waals surface area contributed by atoms with E-state index in [4.69, 9.17) is 4.74 Å². The first-order chi connectivity index (χ1) is 17.3. The molecule has 1 aromatic carbocycles. The van der Waals surface area contributed by atoms with Crippen molar-refractivity contribution in [2.24, 2.45) is 5.92 Å². The molecule has 3 heterocycles. The summed E-state index contributed by atoms with van der Waals surface area (Å²) in [6.07, 6.45) is 10.5. The summed E-state index contributed by atoms with van der Waals surface area (Å²) in [6, 6.07) is 13.6. The number of piperidine rings is 1. The molecule has 2 aromatic rings. The number of hydrogen-bond donors (Lipinski definition) is 2. The third kappa shape index (κ3) is 6.40. The van der Waals surface area contributed by atoms with Gasteiger partial charge in [-0.1, -0.05) is 12.8 Å². The minimum Gasteiger partial charge on any atom is -0.379 e. The highest BCUT2D eigenvalue weighted by Crippen LogP contribution is 2.27. The molecule has 0 radical (unpaired) electrons. The average Bonchev–Trinajstić information content (AvgIpc) is 3.47. The number of morpholine rings is 1. The van der Waals surface area contributed by atoms with Crippen molar-refractivity contribution in [3.05, 3.63) is 54.4 Å². The lowest BCUT2D eigenvalue weighted by Crippen LogP contribution is -2.47. The second kappa shape index (κ2) is 12.0. The normalized spacial score (nSPS) is 21.2. The van der Waals surface area contributed by atoms with Crippen molar-refractivity contribution in [1.82, 2.24) is 15.2 Å². The van der Waals surface area contributed by atoms with E-state index < -0.39 is 0 Å². The van der Waals surface area contributed by atoms with Crippen molar-refractivity contribution >= 4 is 17.3 Å². The maximum atomic E-state index is 12.4. The van der Waals surface area contributed by atoms with E-state index in [0.29, 0.717) is 12.1 Å². The molecule has 2 saturated heterocycles. The third-order valence-electron chi connectivity index (χ3n) is 7.90. The molecule has 3 aliphatic rings. The SMILES string of the molecule is O=C(Nc1ccc(N2CCC(NC[C@H](c3ccncc3)N3CCOCC3)CC2)cc1)C1CCCC1. The Morgan fingerprint density at radius 1 is 0.943 bits per heavy atom. The van der Waals surface area contributed by atoms with Gasteiger partial charge in [0.05, 0.1) is 13.2 Å². The molecule has 1 amide bonds. The molecule has 0 unspecified atom stereocenters. The molecule has 1 aromatic heterocycles. The zero-order valence-corrected chi connectivity index (χ0v) is 20.7. The van der Waals surface area contributed by atoms with Gasteiger partial charge in [0.15, 0.2) is 0 Å². The predicted octanol–water partition coefficient (Wildman–Crippen LogP) is 3.84. The number of hydrogen-bond acceptors (Lipinski definition) is 6. The number of benzene rings is 1. The van der Waals surface area contributed by atoms with Gasteiger partial charge in [-0.25, -0.2) is 0 Å². The number of carbonyl (C=O) groups is 1. The minimum atomic E-state index is 0.185. The summed E-state index contributed by atoms with van der Waals surface area (Å²) < 4.78 is 5.58. The van der Waals surface area contributed by atoms with E-state index in [-0.39, 0.29) is 11.8 Å². The van der Waals surface area contributed by atoms with Crippen molar-refractivity contribution in [2.75, 3.05) is 56.2 Å².